The van der Waals surface area contributed by atoms with E-state index in [0.29, 0.717) is 5.69 Å². The zero-order valence-corrected chi connectivity index (χ0v) is 9.27. The molecule has 0 aliphatic carbocycles. The molecule has 5 nitrogen and oxygen atoms in total. The molecule has 0 spiro atoms. The van der Waals surface area contributed by atoms with E-state index < -0.39 is 4.92 Å². The van der Waals surface area contributed by atoms with Crippen molar-refractivity contribution in [2.75, 3.05) is 5.32 Å². The second-order valence-corrected chi connectivity index (χ2v) is 3.61. The highest BCUT2D eigenvalue weighted by Crippen LogP contribution is 2.17. The maximum atomic E-state index is 11.5. The van der Waals surface area contributed by atoms with Crippen LogP contribution in [0.4, 0.5) is 11.4 Å². The van der Waals surface area contributed by atoms with Crippen LogP contribution in [0.25, 0.3) is 0 Å². The van der Waals surface area contributed by atoms with E-state index in [2.05, 4.69) is 5.32 Å². The summed E-state index contributed by atoms with van der Waals surface area (Å²) in [5.74, 6) is -0.220. The van der Waals surface area contributed by atoms with E-state index in [-0.39, 0.29) is 17.5 Å². The van der Waals surface area contributed by atoms with Crippen molar-refractivity contribution < 1.29 is 9.72 Å². The maximum absolute atomic E-state index is 11.5. The molecular formula is C11H14N2O3. The number of nitro groups is 1. The van der Waals surface area contributed by atoms with Crippen LogP contribution >= 0.6 is 0 Å². The number of carbonyl (C=O) groups excluding carboxylic acids is 1. The molecule has 86 valence electrons. The lowest BCUT2D eigenvalue weighted by atomic mass is 10.1. The summed E-state index contributed by atoms with van der Waals surface area (Å²) in [6.45, 7) is 3.73. The summed E-state index contributed by atoms with van der Waals surface area (Å²) in [6, 6.07) is 5.91. The third-order valence-electron chi connectivity index (χ3n) is 2.38. The molecule has 0 aliphatic rings. The van der Waals surface area contributed by atoms with Crippen LogP contribution in [0.3, 0.4) is 0 Å². The Labute approximate surface area is 93.6 Å². The molecule has 0 aliphatic heterocycles. The third-order valence-corrected chi connectivity index (χ3v) is 2.38. The first kappa shape index (κ1) is 12.2. The smallest absolute Gasteiger partial charge is 0.271 e. The number of hydrogen-bond donors (Lipinski definition) is 1. The molecule has 1 amide bonds. The molecule has 16 heavy (non-hydrogen) atoms. The van der Waals surface area contributed by atoms with E-state index in [1.807, 2.05) is 13.8 Å². The Morgan fingerprint density at radius 2 is 2.25 bits per heavy atom. The number of nitro benzene ring substituents is 1. The first-order valence-electron chi connectivity index (χ1n) is 5.10. The van der Waals surface area contributed by atoms with E-state index in [4.69, 9.17) is 0 Å². The van der Waals surface area contributed by atoms with Gasteiger partial charge in [0.1, 0.15) is 0 Å². The topological polar surface area (TPSA) is 72.2 Å². The maximum Gasteiger partial charge on any atom is 0.271 e. The summed E-state index contributed by atoms with van der Waals surface area (Å²) in [7, 11) is 0. The fourth-order valence-electron chi connectivity index (χ4n) is 1.15. The number of non-ortho nitro benzene ring substituents is 1. The molecule has 0 fully saturated rings. The highest BCUT2D eigenvalue weighted by Gasteiger charge is 2.12. The minimum Gasteiger partial charge on any atom is -0.326 e. The minimum atomic E-state index is -0.487. The molecule has 1 aromatic rings. The second kappa shape index (κ2) is 5.25. The van der Waals surface area contributed by atoms with Crippen LogP contribution in [-0.2, 0) is 4.79 Å². The summed E-state index contributed by atoms with van der Waals surface area (Å²) in [6.07, 6.45) is 0.737. The Hall–Kier alpha value is -1.91. The molecule has 1 atom stereocenters. The van der Waals surface area contributed by atoms with Gasteiger partial charge in [-0.1, -0.05) is 19.9 Å². The monoisotopic (exact) mass is 222 g/mol. The summed E-state index contributed by atoms with van der Waals surface area (Å²) in [4.78, 5) is 21.6. The van der Waals surface area contributed by atoms with Crippen molar-refractivity contribution >= 4 is 17.3 Å². The van der Waals surface area contributed by atoms with Crippen LogP contribution in [0.2, 0.25) is 0 Å². The fourth-order valence-corrected chi connectivity index (χ4v) is 1.15. The minimum absolute atomic E-state index is 0.0260. The molecule has 0 heterocycles. The van der Waals surface area contributed by atoms with Crippen LogP contribution in [0.1, 0.15) is 20.3 Å². The number of hydrogen-bond acceptors (Lipinski definition) is 3. The number of anilines is 1. The SMILES string of the molecule is CCC(C)C(=O)Nc1cccc([N+](=O)[O-])c1. The summed E-state index contributed by atoms with van der Waals surface area (Å²) >= 11 is 0. The molecule has 0 radical (unpaired) electrons. The van der Waals surface area contributed by atoms with Crippen molar-refractivity contribution in [1.29, 1.82) is 0 Å². The van der Waals surface area contributed by atoms with Gasteiger partial charge in [0.15, 0.2) is 0 Å². The Balaban J connectivity index is 2.78. The largest absolute Gasteiger partial charge is 0.326 e. The predicted octanol–water partition coefficient (Wildman–Crippen LogP) is 2.58. The first-order valence-corrected chi connectivity index (χ1v) is 5.10. The first-order chi connectivity index (χ1) is 7.54. The Morgan fingerprint density at radius 1 is 1.56 bits per heavy atom. The lowest BCUT2D eigenvalue weighted by Crippen LogP contribution is -2.19. The molecule has 0 bridgehead atoms. The van der Waals surface area contributed by atoms with Crippen molar-refractivity contribution in [3.05, 3.63) is 34.4 Å². The third kappa shape index (κ3) is 3.05. The number of nitrogens with one attached hydrogen (secondary N) is 1. The standard InChI is InChI=1S/C11H14N2O3/c1-3-8(2)11(14)12-9-5-4-6-10(7-9)13(15)16/h4-8H,3H2,1-2H3,(H,12,14). The van der Waals surface area contributed by atoms with Gasteiger partial charge in [-0.15, -0.1) is 0 Å². The molecular weight excluding hydrogens is 208 g/mol. The predicted molar refractivity (Wildman–Crippen MR) is 61.2 cm³/mol. The van der Waals surface area contributed by atoms with Gasteiger partial charge in [0, 0.05) is 23.7 Å². The van der Waals surface area contributed by atoms with Gasteiger partial charge in [-0.25, -0.2) is 0 Å². The van der Waals surface area contributed by atoms with Gasteiger partial charge in [-0.05, 0) is 12.5 Å². The number of rotatable bonds is 4. The molecule has 0 saturated carbocycles. The highest BCUT2D eigenvalue weighted by atomic mass is 16.6. The quantitative estimate of drug-likeness (QED) is 0.628. The normalized spacial score (nSPS) is 11.9. The van der Waals surface area contributed by atoms with Crippen LogP contribution in [0, 0.1) is 16.0 Å². The molecule has 1 rings (SSSR count). The number of benzene rings is 1. The molecule has 1 N–H and O–H groups in total. The average molecular weight is 222 g/mol. The van der Waals surface area contributed by atoms with Gasteiger partial charge >= 0.3 is 0 Å². The summed E-state index contributed by atoms with van der Waals surface area (Å²) in [5, 5.41) is 13.2. The van der Waals surface area contributed by atoms with E-state index in [0.717, 1.165) is 6.42 Å². The Morgan fingerprint density at radius 3 is 2.81 bits per heavy atom. The Bertz CT molecular complexity index is 404. The van der Waals surface area contributed by atoms with Gasteiger partial charge in [-0.3, -0.25) is 14.9 Å². The highest BCUT2D eigenvalue weighted by molar-refractivity contribution is 5.92. The van der Waals surface area contributed by atoms with Crippen LogP contribution in [0.5, 0.6) is 0 Å². The van der Waals surface area contributed by atoms with E-state index in [1.165, 1.54) is 12.1 Å². The molecule has 1 aromatic carbocycles. The number of nitrogens with zero attached hydrogens (tertiary/aromatic N) is 1. The second-order valence-electron chi connectivity index (χ2n) is 3.61. The van der Waals surface area contributed by atoms with E-state index >= 15 is 0 Å². The molecule has 1 unspecified atom stereocenters. The molecule has 0 saturated heterocycles. The van der Waals surface area contributed by atoms with Crippen molar-refractivity contribution in [3.63, 3.8) is 0 Å². The molecule has 0 aromatic heterocycles. The van der Waals surface area contributed by atoms with Crippen molar-refractivity contribution in [2.24, 2.45) is 5.92 Å². The van der Waals surface area contributed by atoms with Crippen molar-refractivity contribution in [1.82, 2.24) is 0 Å². The lowest BCUT2D eigenvalue weighted by molar-refractivity contribution is -0.384. The fraction of sp³-hybridized carbons (Fsp3) is 0.364. The number of carbonyl (C=O) groups is 1. The average Bonchev–Trinajstić information content (AvgIpc) is 2.28. The van der Waals surface area contributed by atoms with Gasteiger partial charge in [0.2, 0.25) is 5.91 Å². The number of amides is 1. The van der Waals surface area contributed by atoms with Crippen molar-refractivity contribution in [3.8, 4) is 0 Å². The zero-order valence-electron chi connectivity index (χ0n) is 9.27. The van der Waals surface area contributed by atoms with Crippen LogP contribution in [0.15, 0.2) is 24.3 Å². The van der Waals surface area contributed by atoms with Gasteiger partial charge in [0.05, 0.1) is 4.92 Å². The summed E-state index contributed by atoms with van der Waals surface area (Å²) < 4.78 is 0. The van der Waals surface area contributed by atoms with Crippen molar-refractivity contribution in [2.45, 2.75) is 20.3 Å². The summed E-state index contributed by atoms with van der Waals surface area (Å²) in [5.41, 5.74) is 0.432. The lowest BCUT2D eigenvalue weighted by Gasteiger charge is -2.09. The van der Waals surface area contributed by atoms with E-state index in [9.17, 15) is 14.9 Å². The van der Waals surface area contributed by atoms with Gasteiger partial charge in [0.25, 0.3) is 5.69 Å². The Kier molecular flexibility index (Phi) is 3.99. The molecule has 5 heteroatoms. The van der Waals surface area contributed by atoms with Crippen LogP contribution < -0.4 is 5.32 Å². The van der Waals surface area contributed by atoms with E-state index in [1.54, 1.807) is 12.1 Å². The van der Waals surface area contributed by atoms with Gasteiger partial charge in [-0.2, -0.15) is 0 Å². The van der Waals surface area contributed by atoms with Gasteiger partial charge < -0.3 is 5.32 Å². The zero-order chi connectivity index (χ0) is 12.1. The van der Waals surface area contributed by atoms with Crippen LogP contribution in [-0.4, -0.2) is 10.8 Å².